The van der Waals surface area contributed by atoms with Gasteiger partial charge < -0.3 is 15.5 Å². The Balaban J connectivity index is 1.49. The van der Waals surface area contributed by atoms with Crippen LogP contribution in [0.2, 0.25) is 10.0 Å². The molecule has 2 aromatic carbocycles. The van der Waals surface area contributed by atoms with Crippen molar-refractivity contribution in [1.29, 1.82) is 0 Å². The maximum atomic E-state index is 12.8. The molecule has 2 aromatic rings. The second kappa shape index (κ2) is 6.73. The van der Waals surface area contributed by atoms with Gasteiger partial charge in [-0.25, -0.2) is 0 Å². The molecule has 7 heteroatoms. The summed E-state index contributed by atoms with van der Waals surface area (Å²) in [5.41, 5.74) is 2.49. The number of halogens is 2. The molecular weight excluding hydrogens is 385 g/mol. The molecule has 1 fully saturated rings. The van der Waals surface area contributed by atoms with E-state index in [1.165, 1.54) is 0 Å². The fraction of sp³-hybridized carbons (Fsp3) is 0.300. The first-order valence-electron chi connectivity index (χ1n) is 8.82. The maximum Gasteiger partial charge on any atom is 0.255 e. The number of hydrogen-bond donors (Lipinski definition) is 2. The summed E-state index contributed by atoms with van der Waals surface area (Å²) in [4.78, 5) is 27.1. The van der Waals surface area contributed by atoms with Gasteiger partial charge in [0.25, 0.3) is 11.8 Å². The molecule has 2 heterocycles. The number of likely N-dealkylation sites (tertiary alicyclic amines) is 1. The molecule has 2 aliphatic heterocycles. The van der Waals surface area contributed by atoms with E-state index in [-0.39, 0.29) is 11.8 Å². The van der Waals surface area contributed by atoms with Crippen molar-refractivity contribution in [3.05, 3.63) is 63.1 Å². The summed E-state index contributed by atoms with van der Waals surface area (Å²) in [6, 6.07) is 10.7. The van der Waals surface area contributed by atoms with Gasteiger partial charge in [0.15, 0.2) is 0 Å². The maximum absolute atomic E-state index is 12.8. The molecule has 0 aliphatic carbocycles. The minimum absolute atomic E-state index is 0.0751. The molecule has 2 N–H and O–H groups in total. The van der Waals surface area contributed by atoms with Gasteiger partial charge in [-0.15, -0.1) is 0 Å². The SMILES string of the molecule is Cc1ccc2c(c1)C(=O)NC1(CCN(C(=O)c3cc(Cl)cc(Cl)c3)CC1)N2. The Kier molecular flexibility index (Phi) is 4.52. The van der Waals surface area contributed by atoms with Crippen molar-refractivity contribution in [1.82, 2.24) is 10.2 Å². The molecule has 1 spiro atoms. The highest BCUT2D eigenvalue weighted by atomic mass is 35.5. The van der Waals surface area contributed by atoms with Crippen LogP contribution in [-0.4, -0.2) is 35.5 Å². The Morgan fingerprint density at radius 3 is 2.37 bits per heavy atom. The highest BCUT2D eigenvalue weighted by Gasteiger charge is 2.41. The van der Waals surface area contributed by atoms with Crippen molar-refractivity contribution in [2.24, 2.45) is 0 Å². The van der Waals surface area contributed by atoms with Crippen LogP contribution in [0, 0.1) is 6.92 Å². The third kappa shape index (κ3) is 3.49. The minimum Gasteiger partial charge on any atom is -0.362 e. The van der Waals surface area contributed by atoms with Crippen LogP contribution in [0.25, 0.3) is 0 Å². The molecule has 0 saturated carbocycles. The van der Waals surface area contributed by atoms with Crippen molar-refractivity contribution >= 4 is 40.7 Å². The van der Waals surface area contributed by atoms with E-state index in [9.17, 15) is 9.59 Å². The highest BCUT2D eigenvalue weighted by molar-refractivity contribution is 6.35. The predicted octanol–water partition coefficient (Wildman–Crippen LogP) is 4.09. The van der Waals surface area contributed by atoms with Crippen LogP contribution in [-0.2, 0) is 0 Å². The summed E-state index contributed by atoms with van der Waals surface area (Å²) < 4.78 is 0. The molecule has 5 nitrogen and oxygen atoms in total. The van der Waals surface area contributed by atoms with Crippen LogP contribution >= 0.6 is 23.2 Å². The molecule has 2 aliphatic rings. The molecule has 140 valence electrons. The van der Waals surface area contributed by atoms with Crippen LogP contribution in [0.15, 0.2) is 36.4 Å². The summed E-state index contributed by atoms with van der Waals surface area (Å²) in [6.07, 6.45) is 1.23. The van der Waals surface area contributed by atoms with Gasteiger partial charge in [-0.3, -0.25) is 9.59 Å². The van der Waals surface area contributed by atoms with E-state index < -0.39 is 5.66 Å². The van der Waals surface area contributed by atoms with Gasteiger partial charge in [-0.1, -0.05) is 34.8 Å². The molecule has 0 unspecified atom stereocenters. The Morgan fingerprint density at radius 1 is 1.04 bits per heavy atom. The van der Waals surface area contributed by atoms with Crippen molar-refractivity contribution in [3.8, 4) is 0 Å². The van der Waals surface area contributed by atoms with E-state index in [1.54, 1.807) is 23.1 Å². The number of nitrogens with one attached hydrogen (secondary N) is 2. The first-order chi connectivity index (χ1) is 12.8. The molecule has 1 saturated heterocycles. The second-order valence-electron chi connectivity index (χ2n) is 7.16. The molecule has 4 rings (SSSR count). The molecule has 2 amide bonds. The lowest BCUT2D eigenvalue weighted by Gasteiger charge is -2.46. The number of fused-ring (bicyclic) bond motifs is 1. The van der Waals surface area contributed by atoms with Gasteiger partial charge in [-0.05, 0) is 37.3 Å². The molecule has 27 heavy (non-hydrogen) atoms. The average molecular weight is 404 g/mol. The average Bonchev–Trinajstić information content (AvgIpc) is 2.62. The van der Waals surface area contributed by atoms with Crippen LogP contribution in [0.3, 0.4) is 0 Å². The molecule has 0 atom stereocenters. The van der Waals surface area contributed by atoms with Crippen LogP contribution < -0.4 is 10.6 Å². The number of benzene rings is 2. The lowest BCUT2D eigenvalue weighted by molar-refractivity contribution is 0.0639. The quantitative estimate of drug-likeness (QED) is 0.753. The third-order valence-electron chi connectivity index (χ3n) is 5.16. The molecular formula is C20H19Cl2N3O2. The van der Waals surface area contributed by atoms with E-state index in [4.69, 9.17) is 23.2 Å². The van der Waals surface area contributed by atoms with E-state index in [0.717, 1.165) is 11.3 Å². The smallest absolute Gasteiger partial charge is 0.255 e. The number of piperidine rings is 1. The summed E-state index contributed by atoms with van der Waals surface area (Å²) in [7, 11) is 0. The molecule has 0 bridgehead atoms. The van der Waals surface area contributed by atoms with Crippen LogP contribution in [0.5, 0.6) is 0 Å². The number of carbonyl (C=O) groups is 2. The number of amides is 2. The van der Waals surface area contributed by atoms with Gasteiger partial charge in [-0.2, -0.15) is 0 Å². The summed E-state index contributed by atoms with van der Waals surface area (Å²) >= 11 is 12.0. The Labute approximate surface area is 167 Å². The van der Waals surface area contributed by atoms with E-state index in [0.29, 0.717) is 47.1 Å². The van der Waals surface area contributed by atoms with Gasteiger partial charge in [0.05, 0.1) is 5.56 Å². The predicted molar refractivity (Wildman–Crippen MR) is 107 cm³/mol. The van der Waals surface area contributed by atoms with Crippen molar-refractivity contribution < 1.29 is 9.59 Å². The van der Waals surface area contributed by atoms with Gasteiger partial charge >= 0.3 is 0 Å². The highest BCUT2D eigenvalue weighted by Crippen LogP contribution is 2.32. The Morgan fingerprint density at radius 2 is 1.70 bits per heavy atom. The zero-order valence-corrected chi connectivity index (χ0v) is 16.3. The van der Waals surface area contributed by atoms with Gasteiger partial charge in [0, 0.05) is 47.2 Å². The summed E-state index contributed by atoms with van der Waals surface area (Å²) in [5, 5.41) is 7.45. The van der Waals surface area contributed by atoms with Crippen molar-refractivity contribution in [3.63, 3.8) is 0 Å². The van der Waals surface area contributed by atoms with E-state index >= 15 is 0 Å². The fourth-order valence-electron chi connectivity index (χ4n) is 3.73. The number of rotatable bonds is 1. The fourth-order valence-corrected chi connectivity index (χ4v) is 4.26. The van der Waals surface area contributed by atoms with Crippen LogP contribution in [0.4, 0.5) is 5.69 Å². The van der Waals surface area contributed by atoms with Crippen molar-refractivity contribution in [2.75, 3.05) is 18.4 Å². The Hall–Kier alpha value is -2.24. The molecule has 0 radical (unpaired) electrons. The topological polar surface area (TPSA) is 61.4 Å². The Bertz CT molecular complexity index is 917. The number of aryl methyl sites for hydroxylation is 1. The summed E-state index contributed by atoms with van der Waals surface area (Å²) in [6.45, 7) is 3.01. The second-order valence-corrected chi connectivity index (χ2v) is 8.03. The van der Waals surface area contributed by atoms with Gasteiger partial charge in [0.1, 0.15) is 5.66 Å². The standard InChI is InChI=1S/C20H19Cl2N3O2/c1-12-2-3-17-16(8-12)18(26)24-20(23-17)4-6-25(7-5-20)19(27)13-9-14(21)11-15(22)10-13/h2-3,8-11,23H,4-7H2,1H3,(H,24,26). The first-order valence-corrected chi connectivity index (χ1v) is 9.58. The van der Waals surface area contributed by atoms with Crippen molar-refractivity contribution in [2.45, 2.75) is 25.4 Å². The monoisotopic (exact) mass is 403 g/mol. The lowest BCUT2D eigenvalue weighted by Crippen LogP contribution is -2.62. The number of carbonyl (C=O) groups excluding carboxylic acids is 2. The number of anilines is 1. The first kappa shape index (κ1) is 18.1. The largest absolute Gasteiger partial charge is 0.362 e. The summed E-state index contributed by atoms with van der Waals surface area (Å²) in [5.74, 6) is -0.179. The number of nitrogens with zero attached hydrogens (tertiary/aromatic N) is 1. The van der Waals surface area contributed by atoms with Crippen LogP contribution in [0.1, 0.15) is 39.1 Å². The lowest BCUT2D eigenvalue weighted by atomic mass is 9.91. The zero-order valence-electron chi connectivity index (χ0n) is 14.8. The number of hydrogen-bond acceptors (Lipinski definition) is 3. The third-order valence-corrected chi connectivity index (χ3v) is 5.60. The minimum atomic E-state index is -0.526. The van der Waals surface area contributed by atoms with E-state index in [2.05, 4.69) is 10.6 Å². The van der Waals surface area contributed by atoms with Gasteiger partial charge in [0.2, 0.25) is 0 Å². The normalized spacial score (nSPS) is 17.9. The zero-order chi connectivity index (χ0) is 19.2. The van der Waals surface area contributed by atoms with E-state index in [1.807, 2.05) is 25.1 Å². The molecule has 0 aromatic heterocycles.